The molecule has 0 atom stereocenters. The van der Waals surface area contributed by atoms with E-state index in [0.717, 1.165) is 5.71 Å². The molecule has 0 unspecified atom stereocenters. The fourth-order valence-corrected chi connectivity index (χ4v) is 0.213. The van der Waals surface area contributed by atoms with Crippen molar-refractivity contribution in [2.45, 2.75) is 6.92 Å². The lowest BCUT2D eigenvalue weighted by atomic mass is 10.4. The van der Waals surface area contributed by atoms with Crippen LogP contribution in [-0.2, 0) is 0 Å². The summed E-state index contributed by atoms with van der Waals surface area (Å²) in [6, 6.07) is 0. The van der Waals surface area contributed by atoms with E-state index in [2.05, 4.69) is 11.6 Å². The quantitative estimate of drug-likeness (QED) is 0.530. The number of hydrogen-bond acceptors (Lipinski definition) is 2. The molecule has 0 aliphatic heterocycles. The van der Waals surface area contributed by atoms with E-state index in [1.807, 2.05) is 6.92 Å². The van der Waals surface area contributed by atoms with E-state index in [1.54, 1.807) is 6.08 Å². The van der Waals surface area contributed by atoms with Crippen molar-refractivity contribution in [1.29, 1.82) is 0 Å². The molecular formula is C6H10N2. The van der Waals surface area contributed by atoms with Gasteiger partial charge in [0.15, 0.2) is 0 Å². The van der Waals surface area contributed by atoms with Crippen LogP contribution in [0.1, 0.15) is 6.92 Å². The molecule has 44 valence electrons. The van der Waals surface area contributed by atoms with Gasteiger partial charge in [-0.2, -0.15) is 0 Å². The molecule has 0 amide bonds. The third-order valence-corrected chi connectivity index (χ3v) is 0.660. The standard InChI is InChI=1S/C6H10N2/c1-3-6(2)8-5-4-7/h3-5H,1,7H2,2H3/b5-4-,8-6?. The van der Waals surface area contributed by atoms with Gasteiger partial charge in [0.1, 0.15) is 0 Å². The first-order chi connectivity index (χ1) is 3.81. The molecule has 0 aromatic heterocycles. The Morgan fingerprint density at radius 2 is 2.38 bits per heavy atom. The summed E-state index contributed by atoms with van der Waals surface area (Å²) in [7, 11) is 0. The molecule has 0 fully saturated rings. The minimum atomic E-state index is 0.867. The van der Waals surface area contributed by atoms with Gasteiger partial charge in [-0.25, -0.2) is 0 Å². The Kier molecular flexibility index (Phi) is 3.58. The molecule has 2 nitrogen and oxygen atoms in total. The first kappa shape index (κ1) is 6.95. The molecule has 0 radical (unpaired) electrons. The second-order valence-electron chi connectivity index (χ2n) is 1.32. The average molecular weight is 110 g/mol. The highest BCUT2D eigenvalue weighted by Crippen LogP contribution is 1.77. The van der Waals surface area contributed by atoms with E-state index in [0.29, 0.717) is 0 Å². The van der Waals surface area contributed by atoms with Gasteiger partial charge in [-0.15, -0.1) is 0 Å². The molecule has 2 N–H and O–H groups in total. The van der Waals surface area contributed by atoms with Gasteiger partial charge in [0.2, 0.25) is 0 Å². The van der Waals surface area contributed by atoms with Crippen LogP contribution in [0.15, 0.2) is 30.0 Å². The summed E-state index contributed by atoms with van der Waals surface area (Å²) >= 11 is 0. The highest BCUT2D eigenvalue weighted by atomic mass is 14.7. The van der Waals surface area contributed by atoms with Crippen LogP contribution in [0.2, 0.25) is 0 Å². The van der Waals surface area contributed by atoms with Crippen molar-refractivity contribution in [3.63, 3.8) is 0 Å². The van der Waals surface area contributed by atoms with E-state index in [4.69, 9.17) is 5.73 Å². The van der Waals surface area contributed by atoms with E-state index in [-0.39, 0.29) is 0 Å². The Bertz CT molecular complexity index is 122. The molecule has 8 heavy (non-hydrogen) atoms. The van der Waals surface area contributed by atoms with Gasteiger partial charge in [-0.1, -0.05) is 6.58 Å². The summed E-state index contributed by atoms with van der Waals surface area (Å²) < 4.78 is 0. The topological polar surface area (TPSA) is 38.4 Å². The first-order valence-corrected chi connectivity index (χ1v) is 2.35. The Balaban J connectivity index is 3.74. The van der Waals surface area contributed by atoms with Gasteiger partial charge in [0.05, 0.1) is 0 Å². The van der Waals surface area contributed by atoms with Crippen LogP contribution in [0.5, 0.6) is 0 Å². The number of aliphatic imine (C=N–C) groups is 1. The van der Waals surface area contributed by atoms with Crippen LogP contribution < -0.4 is 5.73 Å². The molecule has 0 heterocycles. The van der Waals surface area contributed by atoms with Crippen molar-refractivity contribution in [3.8, 4) is 0 Å². The summed E-state index contributed by atoms with van der Waals surface area (Å²) in [6.45, 7) is 5.36. The zero-order valence-electron chi connectivity index (χ0n) is 4.96. The largest absolute Gasteiger partial charge is 0.403 e. The lowest BCUT2D eigenvalue weighted by molar-refractivity contribution is 1.47. The number of allylic oxidation sites excluding steroid dienone is 1. The van der Waals surface area contributed by atoms with E-state index >= 15 is 0 Å². The van der Waals surface area contributed by atoms with E-state index in [9.17, 15) is 0 Å². The van der Waals surface area contributed by atoms with Crippen LogP contribution in [0.25, 0.3) is 0 Å². The lowest BCUT2D eigenvalue weighted by Gasteiger charge is -1.81. The Labute approximate surface area is 49.4 Å². The maximum absolute atomic E-state index is 5.01. The van der Waals surface area contributed by atoms with Crippen LogP contribution in [0, 0.1) is 0 Å². The van der Waals surface area contributed by atoms with Crippen molar-refractivity contribution >= 4 is 5.71 Å². The number of nitrogens with zero attached hydrogens (tertiary/aromatic N) is 1. The zero-order chi connectivity index (χ0) is 6.41. The summed E-state index contributed by atoms with van der Waals surface area (Å²) in [4.78, 5) is 3.85. The fraction of sp³-hybridized carbons (Fsp3) is 0.167. The molecule has 0 saturated heterocycles. The van der Waals surface area contributed by atoms with Gasteiger partial charge in [0, 0.05) is 18.1 Å². The SMILES string of the molecule is C=CC(C)=N/C=C\N. The first-order valence-electron chi connectivity index (χ1n) is 2.35. The maximum Gasteiger partial charge on any atom is 0.0425 e. The number of nitrogens with two attached hydrogens (primary N) is 1. The zero-order valence-corrected chi connectivity index (χ0v) is 4.96. The minimum Gasteiger partial charge on any atom is -0.403 e. The van der Waals surface area contributed by atoms with Gasteiger partial charge >= 0.3 is 0 Å². The predicted octanol–water partition coefficient (Wildman–Crippen LogP) is 1.06. The predicted molar refractivity (Wildman–Crippen MR) is 36.6 cm³/mol. The summed E-state index contributed by atoms with van der Waals surface area (Å²) in [5.74, 6) is 0. The van der Waals surface area contributed by atoms with Crippen LogP contribution in [0.4, 0.5) is 0 Å². The van der Waals surface area contributed by atoms with E-state index < -0.39 is 0 Å². The molecule has 0 aromatic carbocycles. The molecule has 0 saturated carbocycles. The molecule has 0 aliphatic carbocycles. The van der Waals surface area contributed by atoms with Crippen molar-refractivity contribution in [2.75, 3.05) is 0 Å². The van der Waals surface area contributed by atoms with Crippen molar-refractivity contribution in [3.05, 3.63) is 25.1 Å². The molecular weight excluding hydrogens is 100 g/mol. The van der Waals surface area contributed by atoms with Crippen LogP contribution >= 0.6 is 0 Å². The molecule has 0 rings (SSSR count). The fourth-order valence-electron chi connectivity index (χ4n) is 0.213. The summed E-state index contributed by atoms with van der Waals surface area (Å²) in [5, 5.41) is 0. The van der Waals surface area contributed by atoms with Crippen molar-refractivity contribution < 1.29 is 0 Å². The van der Waals surface area contributed by atoms with Crippen LogP contribution in [-0.4, -0.2) is 5.71 Å². The summed E-state index contributed by atoms with van der Waals surface area (Å²) in [5.41, 5.74) is 5.88. The van der Waals surface area contributed by atoms with Crippen LogP contribution in [0.3, 0.4) is 0 Å². The smallest absolute Gasteiger partial charge is 0.0425 e. The maximum atomic E-state index is 5.01. The van der Waals surface area contributed by atoms with Gasteiger partial charge in [-0.05, 0) is 13.0 Å². The highest BCUT2D eigenvalue weighted by molar-refractivity contribution is 5.92. The highest BCUT2D eigenvalue weighted by Gasteiger charge is 1.71. The second-order valence-corrected chi connectivity index (χ2v) is 1.32. The van der Waals surface area contributed by atoms with Crippen molar-refractivity contribution in [1.82, 2.24) is 0 Å². The molecule has 0 bridgehead atoms. The number of rotatable bonds is 2. The minimum absolute atomic E-state index is 0.867. The summed E-state index contributed by atoms with van der Waals surface area (Å²) in [6.07, 6.45) is 4.57. The van der Waals surface area contributed by atoms with Gasteiger partial charge in [-0.3, -0.25) is 4.99 Å². The lowest BCUT2D eigenvalue weighted by Crippen LogP contribution is -1.80. The second kappa shape index (κ2) is 4.12. The normalized spacial score (nSPS) is 12.4. The molecule has 0 aliphatic rings. The average Bonchev–Trinajstić information content (AvgIpc) is 1.83. The third-order valence-electron chi connectivity index (χ3n) is 0.660. The monoisotopic (exact) mass is 110 g/mol. The van der Waals surface area contributed by atoms with Gasteiger partial charge < -0.3 is 5.73 Å². The Morgan fingerprint density at radius 3 is 2.75 bits per heavy atom. The number of hydrogen-bond donors (Lipinski definition) is 1. The molecule has 0 spiro atoms. The van der Waals surface area contributed by atoms with Gasteiger partial charge in [0.25, 0.3) is 0 Å². The van der Waals surface area contributed by atoms with Crippen molar-refractivity contribution in [2.24, 2.45) is 10.7 Å². The Hall–Kier alpha value is -1.05. The third kappa shape index (κ3) is 3.15. The van der Waals surface area contributed by atoms with E-state index in [1.165, 1.54) is 12.4 Å². The molecule has 0 aromatic rings. The Morgan fingerprint density at radius 1 is 1.75 bits per heavy atom. The molecule has 2 heteroatoms.